The molecule has 2 rings (SSSR count). The van der Waals surface area contributed by atoms with E-state index in [9.17, 15) is 22.8 Å². The van der Waals surface area contributed by atoms with Gasteiger partial charge in [-0.05, 0) is 35.7 Å². The second-order valence-electron chi connectivity index (χ2n) is 7.23. The molecular formula is C21H25F3N3O2+. The number of rotatable bonds is 7. The van der Waals surface area contributed by atoms with E-state index < -0.39 is 17.6 Å². The van der Waals surface area contributed by atoms with E-state index in [1.807, 2.05) is 24.3 Å². The summed E-state index contributed by atoms with van der Waals surface area (Å²) in [7, 11) is 1.62. The SMILES string of the molecule is CC(C)c1ccc(NC(=O)C[NH+](C)CC(=O)Nc2ccccc2C(F)(F)F)cc1. The lowest BCUT2D eigenvalue weighted by atomic mass is 10.0. The molecule has 2 aromatic rings. The number of halogens is 3. The molecule has 0 aromatic heterocycles. The molecule has 8 heteroatoms. The van der Waals surface area contributed by atoms with Crippen LogP contribution in [0, 0.1) is 0 Å². The number of likely N-dealkylation sites (N-methyl/N-ethyl adjacent to an activating group) is 1. The molecule has 0 aliphatic rings. The minimum absolute atomic E-state index is 0.000268. The van der Waals surface area contributed by atoms with E-state index in [1.54, 1.807) is 7.05 Å². The number of amides is 2. The maximum absolute atomic E-state index is 13.0. The molecule has 0 saturated carbocycles. The summed E-state index contributed by atoms with van der Waals surface area (Å²) in [6.45, 7) is 4.00. The zero-order chi connectivity index (χ0) is 21.6. The maximum atomic E-state index is 13.0. The summed E-state index contributed by atoms with van der Waals surface area (Å²) < 4.78 is 39.0. The van der Waals surface area contributed by atoms with E-state index in [2.05, 4.69) is 24.5 Å². The van der Waals surface area contributed by atoms with E-state index in [4.69, 9.17) is 0 Å². The quantitative estimate of drug-likeness (QED) is 0.660. The van der Waals surface area contributed by atoms with Crippen molar-refractivity contribution in [2.45, 2.75) is 25.9 Å². The molecular weight excluding hydrogens is 383 g/mol. The number of carbonyl (C=O) groups excluding carboxylic acids is 2. The summed E-state index contributed by atoms with van der Waals surface area (Å²) in [4.78, 5) is 24.8. The fourth-order valence-corrected chi connectivity index (χ4v) is 2.80. The minimum Gasteiger partial charge on any atom is -0.322 e. The largest absolute Gasteiger partial charge is 0.418 e. The van der Waals surface area contributed by atoms with Crippen molar-refractivity contribution in [3.05, 3.63) is 59.7 Å². The molecule has 5 nitrogen and oxygen atoms in total. The Kier molecular flexibility index (Phi) is 7.39. The Morgan fingerprint density at radius 3 is 2.03 bits per heavy atom. The lowest BCUT2D eigenvalue weighted by Crippen LogP contribution is -3.11. The summed E-state index contributed by atoms with van der Waals surface area (Å²) in [5.41, 5.74) is 0.596. The number of quaternary nitrogens is 1. The molecule has 0 saturated heterocycles. The van der Waals surface area contributed by atoms with E-state index >= 15 is 0 Å². The van der Waals surface area contributed by atoms with Crippen molar-refractivity contribution in [1.82, 2.24) is 0 Å². The fourth-order valence-electron chi connectivity index (χ4n) is 2.80. The van der Waals surface area contributed by atoms with Crippen molar-refractivity contribution in [2.24, 2.45) is 0 Å². The van der Waals surface area contributed by atoms with Crippen LogP contribution in [0.15, 0.2) is 48.5 Å². The van der Waals surface area contributed by atoms with E-state index in [1.165, 1.54) is 18.2 Å². The zero-order valence-electron chi connectivity index (χ0n) is 16.6. The predicted octanol–water partition coefficient (Wildman–Crippen LogP) is 2.92. The van der Waals surface area contributed by atoms with Gasteiger partial charge in [0.1, 0.15) is 0 Å². The van der Waals surface area contributed by atoms with Crippen molar-refractivity contribution >= 4 is 23.2 Å². The molecule has 0 aliphatic carbocycles. The average Bonchev–Trinajstić information content (AvgIpc) is 2.61. The van der Waals surface area contributed by atoms with Crippen LogP contribution in [0.3, 0.4) is 0 Å². The number of hydrogen-bond acceptors (Lipinski definition) is 2. The van der Waals surface area contributed by atoms with Gasteiger partial charge >= 0.3 is 6.18 Å². The van der Waals surface area contributed by atoms with E-state index in [-0.39, 0.29) is 24.7 Å². The average molecular weight is 408 g/mol. The topological polar surface area (TPSA) is 62.6 Å². The van der Waals surface area contributed by atoms with Crippen LogP contribution in [0.1, 0.15) is 30.9 Å². The first-order valence-corrected chi connectivity index (χ1v) is 9.23. The van der Waals surface area contributed by atoms with Crippen molar-refractivity contribution in [2.75, 3.05) is 30.8 Å². The summed E-state index contributed by atoms with van der Waals surface area (Å²) in [6.07, 6.45) is -4.56. The Labute approximate surface area is 167 Å². The smallest absolute Gasteiger partial charge is 0.322 e. The van der Waals surface area contributed by atoms with Crippen molar-refractivity contribution in [1.29, 1.82) is 0 Å². The van der Waals surface area contributed by atoms with Gasteiger partial charge < -0.3 is 15.5 Å². The van der Waals surface area contributed by atoms with Gasteiger partial charge in [-0.2, -0.15) is 13.2 Å². The number of hydrogen-bond donors (Lipinski definition) is 3. The predicted molar refractivity (Wildman–Crippen MR) is 106 cm³/mol. The summed E-state index contributed by atoms with van der Waals surface area (Å²) >= 11 is 0. The number of alkyl halides is 3. The Balaban J connectivity index is 1.88. The monoisotopic (exact) mass is 408 g/mol. The summed E-state index contributed by atoms with van der Waals surface area (Å²) in [5.74, 6) is -0.507. The molecule has 0 aliphatic heterocycles. The highest BCUT2D eigenvalue weighted by Crippen LogP contribution is 2.34. The van der Waals surface area contributed by atoms with Crippen molar-refractivity contribution in [3.63, 3.8) is 0 Å². The first-order valence-electron chi connectivity index (χ1n) is 9.23. The van der Waals surface area contributed by atoms with Crippen LogP contribution >= 0.6 is 0 Å². The molecule has 2 amide bonds. The van der Waals surface area contributed by atoms with Crippen LogP contribution in [-0.2, 0) is 15.8 Å². The number of nitrogens with one attached hydrogen (secondary N) is 3. The van der Waals surface area contributed by atoms with Gasteiger partial charge in [-0.15, -0.1) is 0 Å². The molecule has 1 unspecified atom stereocenters. The van der Waals surface area contributed by atoms with Crippen LogP contribution in [-0.4, -0.2) is 32.0 Å². The lowest BCUT2D eigenvalue weighted by Gasteiger charge is -2.16. The zero-order valence-corrected chi connectivity index (χ0v) is 16.6. The number of carbonyl (C=O) groups is 2. The molecule has 3 N–H and O–H groups in total. The van der Waals surface area contributed by atoms with Crippen LogP contribution < -0.4 is 15.5 Å². The molecule has 0 heterocycles. The lowest BCUT2D eigenvalue weighted by molar-refractivity contribution is -0.862. The number of benzene rings is 2. The molecule has 2 aromatic carbocycles. The van der Waals surface area contributed by atoms with Crippen LogP contribution in [0.2, 0.25) is 0 Å². The summed E-state index contributed by atoms with van der Waals surface area (Å²) in [6, 6.07) is 12.3. The van der Waals surface area contributed by atoms with Gasteiger partial charge in [0.05, 0.1) is 18.3 Å². The normalized spacial score (nSPS) is 12.5. The van der Waals surface area contributed by atoms with Gasteiger partial charge in [0.2, 0.25) is 0 Å². The fraction of sp³-hybridized carbons (Fsp3) is 0.333. The first kappa shape index (κ1) is 22.4. The Morgan fingerprint density at radius 2 is 1.48 bits per heavy atom. The van der Waals surface area contributed by atoms with Gasteiger partial charge in [-0.3, -0.25) is 9.59 Å². The molecule has 29 heavy (non-hydrogen) atoms. The van der Waals surface area contributed by atoms with Crippen LogP contribution in [0.25, 0.3) is 0 Å². The Bertz CT molecular complexity index is 849. The molecule has 0 spiro atoms. The van der Waals surface area contributed by atoms with Crippen LogP contribution in [0.4, 0.5) is 24.5 Å². The van der Waals surface area contributed by atoms with Gasteiger partial charge in [-0.1, -0.05) is 38.1 Å². The molecule has 156 valence electrons. The highest BCUT2D eigenvalue weighted by Gasteiger charge is 2.33. The molecule has 1 atom stereocenters. The van der Waals surface area contributed by atoms with Gasteiger partial charge in [0.25, 0.3) is 11.8 Å². The number of para-hydroxylation sites is 1. The van der Waals surface area contributed by atoms with Gasteiger partial charge in [0.15, 0.2) is 13.1 Å². The first-order chi connectivity index (χ1) is 13.6. The molecule has 0 bridgehead atoms. The number of anilines is 2. The highest BCUT2D eigenvalue weighted by molar-refractivity contribution is 5.93. The molecule has 0 fully saturated rings. The second-order valence-corrected chi connectivity index (χ2v) is 7.23. The van der Waals surface area contributed by atoms with Crippen LogP contribution in [0.5, 0.6) is 0 Å². The van der Waals surface area contributed by atoms with Gasteiger partial charge in [0, 0.05) is 5.69 Å². The van der Waals surface area contributed by atoms with Gasteiger partial charge in [-0.25, -0.2) is 0 Å². The third-order valence-corrected chi connectivity index (χ3v) is 4.29. The molecule has 0 radical (unpaired) electrons. The maximum Gasteiger partial charge on any atom is 0.418 e. The Morgan fingerprint density at radius 1 is 0.931 bits per heavy atom. The minimum atomic E-state index is -4.56. The van der Waals surface area contributed by atoms with E-state index in [0.29, 0.717) is 16.5 Å². The second kappa shape index (κ2) is 9.56. The Hall–Kier alpha value is -2.87. The van der Waals surface area contributed by atoms with Crippen molar-refractivity contribution < 1.29 is 27.7 Å². The van der Waals surface area contributed by atoms with Crippen molar-refractivity contribution in [3.8, 4) is 0 Å². The van der Waals surface area contributed by atoms with E-state index in [0.717, 1.165) is 11.6 Å². The summed E-state index contributed by atoms with van der Waals surface area (Å²) in [5, 5.41) is 5.03. The highest BCUT2D eigenvalue weighted by atomic mass is 19.4. The third kappa shape index (κ3) is 6.90. The standard InChI is InChI=1S/C21H24F3N3O2/c1-14(2)15-8-10-16(11-9-15)25-19(28)12-27(3)13-20(29)26-18-7-5-4-6-17(18)21(22,23)24/h4-11,14H,12-13H2,1-3H3,(H,25,28)(H,26,29)/p+1. The third-order valence-electron chi connectivity index (χ3n) is 4.29.